The second kappa shape index (κ2) is 5.06. The van der Waals surface area contributed by atoms with Crippen molar-refractivity contribution in [2.75, 3.05) is 6.54 Å². The van der Waals surface area contributed by atoms with Gasteiger partial charge in [-0.05, 0) is 38.3 Å². The SMILES string of the molecule is CC1(C)C(N)CCN1C(=O)CCc1cccnc1. The number of aromatic nitrogens is 1. The molecule has 0 bridgehead atoms. The standard InChI is InChI=1S/C14H21N3O/c1-14(2)12(15)7-9-17(14)13(18)6-5-11-4-3-8-16-10-11/h3-4,8,10,12H,5-7,9,15H2,1-2H3. The highest BCUT2D eigenvalue weighted by atomic mass is 16.2. The van der Waals surface area contributed by atoms with Crippen molar-refractivity contribution in [3.63, 3.8) is 0 Å². The van der Waals surface area contributed by atoms with Gasteiger partial charge in [0.05, 0.1) is 5.54 Å². The zero-order valence-corrected chi connectivity index (χ0v) is 11.1. The van der Waals surface area contributed by atoms with E-state index in [-0.39, 0.29) is 17.5 Å². The summed E-state index contributed by atoms with van der Waals surface area (Å²) in [4.78, 5) is 18.2. The monoisotopic (exact) mass is 247 g/mol. The van der Waals surface area contributed by atoms with Crippen LogP contribution in [0.5, 0.6) is 0 Å². The van der Waals surface area contributed by atoms with Crippen molar-refractivity contribution in [1.29, 1.82) is 0 Å². The number of pyridine rings is 1. The molecule has 1 aromatic heterocycles. The Bertz CT molecular complexity index is 416. The lowest BCUT2D eigenvalue weighted by Crippen LogP contribution is -2.51. The van der Waals surface area contributed by atoms with Crippen LogP contribution in [-0.2, 0) is 11.2 Å². The first-order valence-corrected chi connectivity index (χ1v) is 6.47. The van der Waals surface area contributed by atoms with Crippen molar-refractivity contribution in [1.82, 2.24) is 9.88 Å². The molecule has 98 valence electrons. The Labute approximate surface area is 108 Å². The average molecular weight is 247 g/mol. The molecule has 1 saturated heterocycles. The highest BCUT2D eigenvalue weighted by Gasteiger charge is 2.41. The number of rotatable bonds is 3. The van der Waals surface area contributed by atoms with Crippen LogP contribution in [0.25, 0.3) is 0 Å². The lowest BCUT2D eigenvalue weighted by Gasteiger charge is -2.34. The molecule has 2 rings (SSSR count). The van der Waals surface area contributed by atoms with E-state index < -0.39 is 0 Å². The molecule has 1 amide bonds. The van der Waals surface area contributed by atoms with E-state index in [1.54, 1.807) is 6.20 Å². The molecule has 1 aromatic rings. The van der Waals surface area contributed by atoms with E-state index in [0.29, 0.717) is 6.42 Å². The van der Waals surface area contributed by atoms with Crippen molar-refractivity contribution in [2.24, 2.45) is 5.73 Å². The molecule has 0 spiro atoms. The number of nitrogens with two attached hydrogens (primary N) is 1. The summed E-state index contributed by atoms with van der Waals surface area (Å²) in [6, 6.07) is 3.98. The summed E-state index contributed by atoms with van der Waals surface area (Å²) in [5.74, 6) is 0.191. The normalized spacial score (nSPS) is 22.2. The molecule has 0 aliphatic carbocycles. The van der Waals surface area contributed by atoms with Crippen LogP contribution in [0.15, 0.2) is 24.5 Å². The number of carbonyl (C=O) groups is 1. The molecule has 4 heteroatoms. The van der Waals surface area contributed by atoms with Crippen LogP contribution >= 0.6 is 0 Å². The molecule has 18 heavy (non-hydrogen) atoms. The first-order chi connectivity index (χ1) is 8.51. The molecule has 1 atom stereocenters. The molecule has 1 aliphatic rings. The molecule has 2 heterocycles. The fourth-order valence-corrected chi connectivity index (χ4v) is 2.49. The summed E-state index contributed by atoms with van der Waals surface area (Å²) in [5, 5.41) is 0. The van der Waals surface area contributed by atoms with Crippen molar-refractivity contribution >= 4 is 5.91 Å². The third-order valence-corrected chi connectivity index (χ3v) is 3.92. The summed E-state index contributed by atoms with van der Waals surface area (Å²) in [5.41, 5.74) is 6.93. The Morgan fingerprint density at radius 3 is 2.94 bits per heavy atom. The lowest BCUT2D eigenvalue weighted by atomic mass is 9.96. The number of nitrogens with zero attached hydrogens (tertiary/aromatic N) is 2. The van der Waals surface area contributed by atoms with Crippen molar-refractivity contribution in [3.8, 4) is 0 Å². The highest BCUT2D eigenvalue weighted by molar-refractivity contribution is 5.77. The predicted molar refractivity (Wildman–Crippen MR) is 70.9 cm³/mol. The largest absolute Gasteiger partial charge is 0.336 e. The third kappa shape index (κ3) is 2.53. The van der Waals surface area contributed by atoms with Gasteiger partial charge >= 0.3 is 0 Å². The summed E-state index contributed by atoms with van der Waals surface area (Å²) >= 11 is 0. The maximum absolute atomic E-state index is 12.2. The highest BCUT2D eigenvalue weighted by Crippen LogP contribution is 2.28. The number of likely N-dealkylation sites (tertiary alicyclic amines) is 1. The van der Waals surface area contributed by atoms with Crippen LogP contribution < -0.4 is 5.73 Å². The molecule has 0 radical (unpaired) electrons. The second-order valence-corrected chi connectivity index (χ2v) is 5.46. The average Bonchev–Trinajstić information content (AvgIpc) is 2.63. The fourth-order valence-electron chi connectivity index (χ4n) is 2.49. The minimum atomic E-state index is -0.216. The van der Waals surface area contributed by atoms with E-state index >= 15 is 0 Å². The maximum atomic E-state index is 12.2. The molecule has 4 nitrogen and oxygen atoms in total. The van der Waals surface area contributed by atoms with Crippen LogP contribution in [-0.4, -0.2) is 33.9 Å². The van der Waals surface area contributed by atoms with Gasteiger partial charge in [-0.15, -0.1) is 0 Å². The van der Waals surface area contributed by atoms with Gasteiger partial charge in [-0.1, -0.05) is 6.07 Å². The zero-order chi connectivity index (χ0) is 13.2. The number of amides is 1. The minimum Gasteiger partial charge on any atom is -0.336 e. The predicted octanol–water partition coefficient (Wildman–Crippen LogP) is 1.35. The van der Waals surface area contributed by atoms with Gasteiger partial charge in [0.1, 0.15) is 0 Å². The minimum absolute atomic E-state index is 0.0832. The number of aryl methyl sites for hydroxylation is 1. The number of hydrogen-bond acceptors (Lipinski definition) is 3. The van der Waals surface area contributed by atoms with E-state index in [0.717, 1.165) is 24.9 Å². The number of carbonyl (C=O) groups excluding carboxylic acids is 1. The van der Waals surface area contributed by atoms with Crippen LogP contribution in [0.2, 0.25) is 0 Å². The summed E-state index contributed by atoms with van der Waals surface area (Å²) in [6.45, 7) is 4.87. The number of hydrogen-bond donors (Lipinski definition) is 1. The van der Waals surface area contributed by atoms with Gasteiger partial charge in [-0.2, -0.15) is 0 Å². The third-order valence-electron chi connectivity index (χ3n) is 3.92. The smallest absolute Gasteiger partial charge is 0.223 e. The molecule has 1 aliphatic heterocycles. The topological polar surface area (TPSA) is 59.2 Å². The Kier molecular flexibility index (Phi) is 3.66. The van der Waals surface area contributed by atoms with E-state index in [4.69, 9.17) is 5.73 Å². The fraction of sp³-hybridized carbons (Fsp3) is 0.571. The van der Waals surface area contributed by atoms with Crippen LogP contribution in [0.3, 0.4) is 0 Å². The van der Waals surface area contributed by atoms with E-state index in [1.165, 1.54) is 0 Å². The van der Waals surface area contributed by atoms with Gasteiger partial charge in [0.15, 0.2) is 0 Å². The van der Waals surface area contributed by atoms with Crippen molar-refractivity contribution in [2.45, 2.75) is 44.7 Å². The van der Waals surface area contributed by atoms with Crippen LogP contribution in [0.4, 0.5) is 0 Å². The Morgan fingerprint density at radius 1 is 1.61 bits per heavy atom. The summed E-state index contributed by atoms with van der Waals surface area (Å²) < 4.78 is 0. The van der Waals surface area contributed by atoms with Gasteiger partial charge < -0.3 is 10.6 Å². The Hall–Kier alpha value is -1.42. The molecule has 0 saturated carbocycles. The van der Waals surface area contributed by atoms with Gasteiger partial charge in [0.25, 0.3) is 0 Å². The quantitative estimate of drug-likeness (QED) is 0.877. The zero-order valence-electron chi connectivity index (χ0n) is 11.1. The Morgan fingerprint density at radius 2 is 2.39 bits per heavy atom. The maximum Gasteiger partial charge on any atom is 0.223 e. The summed E-state index contributed by atoms with van der Waals surface area (Å²) in [7, 11) is 0. The van der Waals surface area contributed by atoms with Gasteiger partial charge in [0, 0.05) is 31.4 Å². The molecule has 1 unspecified atom stereocenters. The first-order valence-electron chi connectivity index (χ1n) is 6.47. The van der Waals surface area contributed by atoms with E-state index in [9.17, 15) is 4.79 Å². The molecular formula is C14H21N3O. The molecular weight excluding hydrogens is 226 g/mol. The van der Waals surface area contributed by atoms with E-state index in [2.05, 4.69) is 4.98 Å². The van der Waals surface area contributed by atoms with Gasteiger partial charge in [-0.25, -0.2) is 0 Å². The molecule has 1 fully saturated rings. The van der Waals surface area contributed by atoms with Crippen LogP contribution in [0, 0.1) is 0 Å². The van der Waals surface area contributed by atoms with Gasteiger partial charge in [0.2, 0.25) is 5.91 Å². The lowest BCUT2D eigenvalue weighted by molar-refractivity contribution is -0.134. The van der Waals surface area contributed by atoms with Crippen LogP contribution in [0.1, 0.15) is 32.3 Å². The van der Waals surface area contributed by atoms with E-state index in [1.807, 2.05) is 37.1 Å². The van der Waals surface area contributed by atoms with Gasteiger partial charge in [-0.3, -0.25) is 9.78 Å². The second-order valence-electron chi connectivity index (χ2n) is 5.46. The van der Waals surface area contributed by atoms with Crippen molar-refractivity contribution in [3.05, 3.63) is 30.1 Å². The Balaban J connectivity index is 1.93. The van der Waals surface area contributed by atoms with Crippen molar-refractivity contribution < 1.29 is 4.79 Å². The molecule has 2 N–H and O–H groups in total. The summed E-state index contributed by atoms with van der Waals surface area (Å²) in [6.07, 6.45) is 5.73. The molecule has 0 aromatic carbocycles. The first kappa shape index (κ1) is 13.0.